The van der Waals surface area contributed by atoms with Gasteiger partial charge in [0, 0.05) is 35.5 Å². The van der Waals surface area contributed by atoms with Gasteiger partial charge in [-0.25, -0.2) is 0 Å². The third-order valence-electron chi connectivity index (χ3n) is 6.75. The average molecular weight is 419 g/mol. The van der Waals surface area contributed by atoms with Crippen molar-refractivity contribution in [3.05, 3.63) is 59.3 Å². The molecule has 5 rings (SSSR count). The second-order valence-corrected chi connectivity index (χ2v) is 8.71. The molecule has 2 aromatic carbocycles. The Hall–Kier alpha value is -2.95. The number of fused-ring (bicyclic) bond motifs is 2. The number of hydrogen-bond donors (Lipinski definition) is 2. The van der Waals surface area contributed by atoms with Crippen molar-refractivity contribution >= 4 is 16.8 Å². The average Bonchev–Trinajstić information content (AvgIpc) is 3.44. The van der Waals surface area contributed by atoms with Crippen LogP contribution in [0, 0.1) is 0 Å². The largest absolute Gasteiger partial charge is 0.454 e. The van der Waals surface area contributed by atoms with Gasteiger partial charge in [0.2, 0.25) is 12.7 Å². The van der Waals surface area contributed by atoms with Crippen molar-refractivity contribution in [1.29, 1.82) is 0 Å². The van der Waals surface area contributed by atoms with E-state index in [1.54, 1.807) is 0 Å². The highest BCUT2D eigenvalue weighted by Crippen LogP contribution is 2.40. The van der Waals surface area contributed by atoms with Crippen molar-refractivity contribution in [3.8, 4) is 11.5 Å². The van der Waals surface area contributed by atoms with E-state index in [1.807, 2.05) is 12.1 Å². The van der Waals surface area contributed by atoms with E-state index in [9.17, 15) is 4.79 Å². The minimum atomic E-state index is -0.0565. The Labute approximate surface area is 183 Å². The highest BCUT2D eigenvalue weighted by atomic mass is 16.7. The molecule has 31 heavy (non-hydrogen) atoms. The fourth-order valence-corrected chi connectivity index (χ4v) is 5.08. The summed E-state index contributed by atoms with van der Waals surface area (Å²) in [6, 6.07) is 12.8. The van der Waals surface area contributed by atoms with Gasteiger partial charge in [-0.15, -0.1) is 0 Å². The van der Waals surface area contributed by atoms with Crippen LogP contribution >= 0.6 is 0 Å². The van der Waals surface area contributed by atoms with Gasteiger partial charge >= 0.3 is 0 Å². The first-order valence-corrected chi connectivity index (χ1v) is 11.5. The lowest BCUT2D eigenvalue weighted by molar-refractivity contribution is -0.122. The van der Waals surface area contributed by atoms with E-state index in [-0.39, 0.29) is 18.6 Å². The van der Waals surface area contributed by atoms with Crippen molar-refractivity contribution in [2.24, 2.45) is 0 Å². The zero-order valence-electron chi connectivity index (χ0n) is 18.1. The Balaban J connectivity index is 1.49. The third kappa shape index (κ3) is 4.01. The van der Waals surface area contributed by atoms with Crippen LogP contribution in [-0.2, 0) is 11.2 Å². The smallest absolute Gasteiger partial charge is 0.231 e. The standard InChI is InChI=1S/C26H30N2O3/c1-2-17-7-6-10-20-22(15-27-26(17)20)21(14-25(29)28-19-8-4-3-5-9-19)18-11-12-23-24(13-18)31-16-30-23/h6-7,10-13,15,19,21,27H,2-5,8-9,14,16H2,1H3,(H,28,29)/t21-/m1/s1. The van der Waals surface area contributed by atoms with Gasteiger partial charge < -0.3 is 19.8 Å². The zero-order chi connectivity index (χ0) is 21.2. The summed E-state index contributed by atoms with van der Waals surface area (Å²) in [5, 5.41) is 4.49. The monoisotopic (exact) mass is 418 g/mol. The molecular weight excluding hydrogens is 388 g/mol. The molecule has 1 amide bonds. The number of ether oxygens (including phenoxy) is 2. The summed E-state index contributed by atoms with van der Waals surface area (Å²) >= 11 is 0. The predicted molar refractivity (Wildman–Crippen MR) is 122 cm³/mol. The molecule has 0 spiro atoms. The van der Waals surface area contributed by atoms with E-state index in [0.717, 1.165) is 41.9 Å². The molecule has 0 radical (unpaired) electrons. The summed E-state index contributed by atoms with van der Waals surface area (Å²) in [6.07, 6.45) is 9.33. The van der Waals surface area contributed by atoms with Crippen LogP contribution in [0.2, 0.25) is 0 Å². The molecule has 0 saturated heterocycles. The fraction of sp³-hybridized carbons (Fsp3) is 0.423. The number of H-pyrrole nitrogens is 1. The van der Waals surface area contributed by atoms with E-state index in [2.05, 4.69) is 47.7 Å². The molecule has 2 aliphatic rings. The quantitative estimate of drug-likeness (QED) is 0.561. The second kappa shape index (κ2) is 8.66. The third-order valence-corrected chi connectivity index (χ3v) is 6.75. The van der Waals surface area contributed by atoms with Gasteiger partial charge in [-0.3, -0.25) is 4.79 Å². The number of amides is 1. The Morgan fingerprint density at radius 2 is 1.97 bits per heavy atom. The summed E-state index contributed by atoms with van der Waals surface area (Å²) < 4.78 is 11.1. The van der Waals surface area contributed by atoms with Crippen LogP contribution in [0.3, 0.4) is 0 Å². The Morgan fingerprint density at radius 3 is 2.81 bits per heavy atom. The first-order chi connectivity index (χ1) is 15.2. The first kappa shape index (κ1) is 20.0. The SMILES string of the molecule is CCc1cccc2c([C@H](CC(=O)NC3CCCCC3)c3ccc4c(c3)OCO4)c[nH]c12. The van der Waals surface area contributed by atoms with Crippen LogP contribution in [0.1, 0.15) is 68.1 Å². The van der Waals surface area contributed by atoms with Gasteiger partial charge in [-0.2, -0.15) is 0 Å². The number of benzene rings is 2. The number of aromatic nitrogens is 1. The zero-order valence-corrected chi connectivity index (χ0v) is 18.1. The molecule has 0 bridgehead atoms. The van der Waals surface area contributed by atoms with Gasteiger partial charge in [-0.1, -0.05) is 50.5 Å². The van der Waals surface area contributed by atoms with Crippen LogP contribution in [0.5, 0.6) is 11.5 Å². The van der Waals surface area contributed by atoms with Crippen molar-refractivity contribution in [2.45, 2.75) is 63.8 Å². The van der Waals surface area contributed by atoms with Crippen molar-refractivity contribution in [2.75, 3.05) is 6.79 Å². The molecule has 1 aliphatic heterocycles. The molecule has 3 aromatic rings. The van der Waals surface area contributed by atoms with Crippen LogP contribution in [0.15, 0.2) is 42.6 Å². The molecule has 1 aliphatic carbocycles. The van der Waals surface area contributed by atoms with E-state index in [0.29, 0.717) is 12.5 Å². The number of para-hydroxylation sites is 1. The van der Waals surface area contributed by atoms with Gasteiger partial charge in [-0.05, 0) is 48.1 Å². The van der Waals surface area contributed by atoms with Crippen LogP contribution in [-0.4, -0.2) is 23.7 Å². The molecule has 5 nitrogen and oxygen atoms in total. The maximum atomic E-state index is 13.1. The Bertz CT molecular complexity index is 1080. The van der Waals surface area contributed by atoms with E-state index < -0.39 is 0 Å². The van der Waals surface area contributed by atoms with Gasteiger partial charge in [0.05, 0.1) is 0 Å². The molecule has 1 fully saturated rings. The molecular formula is C26H30N2O3. The Kier molecular flexibility index (Phi) is 5.58. The summed E-state index contributed by atoms with van der Waals surface area (Å²) in [5.41, 5.74) is 4.69. The maximum absolute atomic E-state index is 13.1. The number of aromatic amines is 1. The number of rotatable bonds is 6. The highest BCUT2D eigenvalue weighted by Gasteiger charge is 2.26. The number of carbonyl (C=O) groups excluding carboxylic acids is 1. The van der Waals surface area contributed by atoms with Gasteiger partial charge in [0.15, 0.2) is 11.5 Å². The molecule has 2 N–H and O–H groups in total. The van der Waals surface area contributed by atoms with E-state index >= 15 is 0 Å². The summed E-state index contributed by atoms with van der Waals surface area (Å²) in [4.78, 5) is 16.6. The fourth-order valence-electron chi connectivity index (χ4n) is 5.08. The number of hydrogen-bond acceptors (Lipinski definition) is 3. The molecule has 1 aromatic heterocycles. The lowest BCUT2D eigenvalue weighted by atomic mass is 9.87. The number of aryl methyl sites for hydroxylation is 1. The summed E-state index contributed by atoms with van der Waals surface area (Å²) in [6.45, 7) is 2.42. The molecule has 1 saturated carbocycles. The number of nitrogens with one attached hydrogen (secondary N) is 2. The van der Waals surface area contributed by atoms with Gasteiger partial charge in [0.25, 0.3) is 0 Å². The summed E-state index contributed by atoms with van der Waals surface area (Å²) in [7, 11) is 0. The second-order valence-electron chi connectivity index (χ2n) is 8.71. The lowest BCUT2D eigenvalue weighted by Crippen LogP contribution is -2.36. The molecule has 162 valence electrons. The molecule has 5 heteroatoms. The van der Waals surface area contributed by atoms with Crippen molar-refractivity contribution in [1.82, 2.24) is 10.3 Å². The maximum Gasteiger partial charge on any atom is 0.231 e. The molecule has 0 unspecified atom stereocenters. The van der Waals surface area contributed by atoms with E-state index in [4.69, 9.17) is 9.47 Å². The van der Waals surface area contributed by atoms with Gasteiger partial charge in [0.1, 0.15) is 0 Å². The predicted octanol–water partition coefficient (Wildman–Crippen LogP) is 5.43. The minimum absolute atomic E-state index is 0.0565. The minimum Gasteiger partial charge on any atom is -0.454 e. The van der Waals surface area contributed by atoms with Crippen LogP contribution in [0.4, 0.5) is 0 Å². The topological polar surface area (TPSA) is 63.4 Å². The lowest BCUT2D eigenvalue weighted by Gasteiger charge is -2.24. The normalized spacial score (nSPS) is 17.1. The molecule has 1 atom stereocenters. The van der Waals surface area contributed by atoms with Crippen LogP contribution < -0.4 is 14.8 Å². The summed E-state index contributed by atoms with van der Waals surface area (Å²) in [5.74, 6) is 1.58. The Morgan fingerprint density at radius 1 is 1.13 bits per heavy atom. The van der Waals surface area contributed by atoms with E-state index in [1.165, 1.54) is 35.7 Å². The highest BCUT2D eigenvalue weighted by molar-refractivity contribution is 5.88. The van der Waals surface area contributed by atoms with Crippen molar-refractivity contribution in [3.63, 3.8) is 0 Å². The first-order valence-electron chi connectivity index (χ1n) is 11.5. The van der Waals surface area contributed by atoms with Crippen molar-refractivity contribution < 1.29 is 14.3 Å². The van der Waals surface area contributed by atoms with Crippen LogP contribution in [0.25, 0.3) is 10.9 Å². The molecule has 2 heterocycles. The number of carbonyl (C=O) groups is 1.